The standard InChI is InChI=1S/C9H17NO/c1-2-10-11-8-9-6-4-3-5-7-9/h2,9H,3-8H2,1H3/b10-2+. The molecule has 0 aromatic rings. The molecule has 0 spiro atoms. The van der Waals surface area contributed by atoms with Gasteiger partial charge in [0.15, 0.2) is 0 Å². The van der Waals surface area contributed by atoms with Gasteiger partial charge < -0.3 is 4.84 Å². The van der Waals surface area contributed by atoms with E-state index in [1.54, 1.807) is 6.21 Å². The summed E-state index contributed by atoms with van der Waals surface area (Å²) in [5, 5.41) is 3.74. The molecule has 0 unspecified atom stereocenters. The molecule has 0 amide bonds. The third-order valence-electron chi connectivity index (χ3n) is 2.21. The Balaban J connectivity index is 2.04. The van der Waals surface area contributed by atoms with E-state index in [1.807, 2.05) is 6.92 Å². The van der Waals surface area contributed by atoms with Crippen molar-refractivity contribution < 1.29 is 4.84 Å². The highest BCUT2D eigenvalue weighted by atomic mass is 16.6. The fourth-order valence-electron chi connectivity index (χ4n) is 1.58. The molecule has 0 atom stereocenters. The van der Waals surface area contributed by atoms with Crippen LogP contribution in [0, 0.1) is 5.92 Å². The molecule has 1 rings (SSSR count). The van der Waals surface area contributed by atoms with Gasteiger partial charge in [-0.25, -0.2) is 0 Å². The summed E-state index contributed by atoms with van der Waals surface area (Å²) >= 11 is 0. The van der Waals surface area contributed by atoms with Gasteiger partial charge in [0, 0.05) is 6.21 Å². The molecule has 1 aliphatic carbocycles. The highest BCUT2D eigenvalue weighted by molar-refractivity contribution is 5.52. The molecule has 0 bridgehead atoms. The van der Waals surface area contributed by atoms with Crippen LogP contribution >= 0.6 is 0 Å². The van der Waals surface area contributed by atoms with Crippen molar-refractivity contribution in [3.63, 3.8) is 0 Å². The molecular formula is C9H17NO. The molecule has 64 valence electrons. The van der Waals surface area contributed by atoms with E-state index in [9.17, 15) is 0 Å². The van der Waals surface area contributed by atoms with Gasteiger partial charge in [-0.05, 0) is 25.7 Å². The second kappa shape index (κ2) is 5.16. The average molecular weight is 155 g/mol. The minimum atomic E-state index is 0.771. The highest BCUT2D eigenvalue weighted by Crippen LogP contribution is 2.23. The molecule has 0 aromatic heterocycles. The van der Waals surface area contributed by atoms with E-state index in [0.717, 1.165) is 12.5 Å². The van der Waals surface area contributed by atoms with Crippen molar-refractivity contribution >= 4 is 6.21 Å². The van der Waals surface area contributed by atoms with Gasteiger partial charge in [0.2, 0.25) is 0 Å². The van der Waals surface area contributed by atoms with Gasteiger partial charge in [-0.1, -0.05) is 24.4 Å². The predicted octanol–water partition coefficient (Wildman–Crippen LogP) is 2.59. The number of hydrogen-bond donors (Lipinski definition) is 0. The summed E-state index contributed by atoms with van der Waals surface area (Å²) in [6, 6.07) is 0. The van der Waals surface area contributed by atoms with Crippen LogP contribution < -0.4 is 0 Å². The Morgan fingerprint density at radius 2 is 2.09 bits per heavy atom. The fourth-order valence-corrected chi connectivity index (χ4v) is 1.58. The van der Waals surface area contributed by atoms with Gasteiger partial charge >= 0.3 is 0 Å². The van der Waals surface area contributed by atoms with Crippen molar-refractivity contribution in [3.8, 4) is 0 Å². The van der Waals surface area contributed by atoms with E-state index in [1.165, 1.54) is 32.1 Å². The molecule has 0 aliphatic heterocycles. The summed E-state index contributed by atoms with van der Waals surface area (Å²) in [7, 11) is 0. The zero-order valence-corrected chi connectivity index (χ0v) is 7.25. The van der Waals surface area contributed by atoms with Crippen LogP contribution in [-0.4, -0.2) is 12.8 Å². The maximum Gasteiger partial charge on any atom is 0.120 e. The van der Waals surface area contributed by atoms with Crippen molar-refractivity contribution in [3.05, 3.63) is 0 Å². The smallest absolute Gasteiger partial charge is 0.120 e. The average Bonchev–Trinajstić information content (AvgIpc) is 2.07. The minimum absolute atomic E-state index is 0.771. The van der Waals surface area contributed by atoms with Crippen LogP contribution in [0.2, 0.25) is 0 Å². The molecule has 0 heterocycles. The van der Waals surface area contributed by atoms with Crippen LogP contribution in [-0.2, 0) is 4.84 Å². The van der Waals surface area contributed by atoms with Crippen LogP contribution in [0.15, 0.2) is 5.16 Å². The fraction of sp³-hybridized carbons (Fsp3) is 0.889. The number of nitrogens with zero attached hydrogens (tertiary/aromatic N) is 1. The Bertz CT molecular complexity index is 117. The molecule has 1 saturated carbocycles. The molecular weight excluding hydrogens is 138 g/mol. The van der Waals surface area contributed by atoms with Crippen LogP contribution in [0.4, 0.5) is 0 Å². The molecule has 0 radical (unpaired) electrons. The third-order valence-corrected chi connectivity index (χ3v) is 2.21. The summed E-state index contributed by atoms with van der Waals surface area (Å²) in [6.45, 7) is 2.70. The molecule has 11 heavy (non-hydrogen) atoms. The highest BCUT2D eigenvalue weighted by Gasteiger charge is 2.13. The zero-order valence-electron chi connectivity index (χ0n) is 7.25. The van der Waals surface area contributed by atoms with Crippen LogP contribution in [0.5, 0.6) is 0 Å². The van der Waals surface area contributed by atoms with E-state index in [2.05, 4.69) is 5.16 Å². The maximum atomic E-state index is 5.09. The van der Waals surface area contributed by atoms with Gasteiger partial charge in [-0.15, -0.1) is 0 Å². The van der Waals surface area contributed by atoms with Crippen molar-refractivity contribution in [1.82, 2.24) is 0 Å². The van der Waals surface area contributed by atoms with Crippen molar-refractivity contribution in [1.29, 1.82) is 0 Å². The van der Waals surface area contributed by atoms with Gasteiger partial charge in [0.25, 0.3) is 0 Å². The second-order valence-electron chi connectivity index (χ2n) is 3.16. The molecule has 0 aromatic carbocycles. The summed E-state index contributed by atoms with van der Waals surface area (Å²) in [5.41, 5.74) is 0. The van der Waals surface area contributed by atoms with E-state index in [0.29, 0.717) is 0 Å². The Labute approximate surface area is 68.6 Å². The first-order valence-corrected chi connectivity index (χ1v) is 4.53. The lowest BCUT2D eigenvalue weighted by atomic mass is 9.90. The molecule has 1 aliphatic rings. The molecule has 0 N–H and O–H groups in total. The van der Waals surface area contributed by atoms with Gasteiger partial charge in [0.1, 0.15) is 6.61 Å². The second-order valence-corrected chi connectivity index (χ2v) is 3.16. The van der Waals surface area contributed by atoms with Gasteiger partial charge in [0.05, 0.1) is 0 Å². The van der Waals surface area contributed by atoms with E-state index in [4.69, 9.17) is 4.84 Å². The first-order valence-electron chi connectivity index (χ1n) is 4.53. The topological polar surface area (TPSA) is 21.6 Å². The molecule has 2 nitrogen and oxygen atoms in total. The first kappa shape index (κ1) is 8.57. The molecule has 1 fully saturated rings. The van der Waals surface area contributed by atoms with Crippen LogP contribution in [0.25, 0.3) is 0 Å². The Morgan fingerprint density at radius 1 is 1.36 bits per heavy atom. The lowest BCUT2D eigenvalue weighted by Gasteiger charge is -2.19. The van der Waals surface area contributed by atoms with E-state index in [-0.39, 0.29) is 0 Å². The molecule has 0 saturated heterocycles. The summed E-state index contributed by atoms with van der Waals surface area (Å²) in [4.78, 5) is 5.09. The van der Waals surface area contributed by atoms with Crippen molar-refractivity contribution in [2.24, 2.45) is 11.1 Å². The molecule has 2 heteroatoms. The number of hydrogen-bond acceptors (Lipinski definition) is 2. The van der Waals surface area contributed by atoms with Crippen molar-refractivity contribution in [2.45, 2.75) is 39.0 Å². The van der Waals surface area contributed by atoms with E-state index >= 15 is 0 Å². The van der Waals surface area contributed by atoms with Gasteiger partial charge in [-0.2, -0.15) is 0 Å². The SMILES string of the molecule is C/C=N/OCC1CCCCC1. The normalized spacial score (nSPS) is 20.8. The number of oxime groups is 1. The first-order chi connectivity index (χ1) is 5.43. The Kier molecular flexibility index (Phi) is 4.02. The van der Waals surface area contributed by atoms with Crippen molar-refractivity contribution in [2.75, 3.05) is 6.61 Å². The van der Waals surface area contributed by atoms with Gasteiger partial charge in [-0.3, -0.25) is 0 Å². The van der Waals surface area contributed by atoms with Crippen LogP contribution in [0.1, 0.15) is 39.0 Å². The summed E-state index contributed by atoms with van der Waals surface area (Å²) in [5.74, 6) is 0.771. The summed E-state index contributed by atoms with van der Waals surface area (Å²) < 4.78 is 0. The summed E-state index contributed by atoms with van der Waals surface area (Å²) in [6.07, 6.45) is 8.53. The van der Waals surface area contributed by atoms with E-state index < -0.39 is 0 Å². The largest absolute Gasteiger partial charge is 0.396 e. The lowest BCUT2D eigenvalue weighted by molar-refractivity contribution is 0.0926. The maximum absolute atomic E-state index is 5.09. The monoisotopic (exact) mass is 155 g/mol. The zero-order chi connectivity index (χ0) is 7.94. The quantitative estimate of drug-likeness (QED) is 0.453. The Hall–Kier alpha value is -0.530. The third kappa shape index (κ3) is 3.40. The minimum Gasteiger partial charge on any atom is -0.396 e. The lowest BCUT2D eigenvalue weighted by Crippen LogP contribution is -2.11. The number of rotatable bonds is 3. The van der Waals surface area contributed by atoms with Crippen LogP contribution in [0.3, 0.4) is 0 Å². The predicted molar refractivity (Wildman–Crippen MR) is 46.7 cm³/mol. The Morgan fingerprint density at radius 3 is 2.73 bits per heavy atom.